The highest BCUT2D eigenvalue weighted by molar-refractivity contribution is 6.30. The number of aryl methyl sites for hydroxylation is 1. The molecule has 0 saturated carbocycles. The van der Waals surface area contributed by atoms with E-state index in [1.54, 1.807) is 18.2 Å². The van der Waals surface area contributed by atoms with Crippen LogP contribution < -0.4 is 0 Å². The van der Waals surface area contributed by atoms with Crippen LogP contribution in [0.2, 0.25) is 5.02 Å². The van der Waals surface area contributed by atoms with Crippen LogP contribution >= 0.6 is 11.6 Å². The molecule has 2 aliphatic heterocycles. The van der Waals surface area contributed by atoms with Gasteiger partial charge < -0.3 is 9.80 Å². The summed E-state index contributed by atoms with van der Waals surface area (Å²) in [6, 6.07) is 10.0. The van der Waals surface area contributed by atoms with Crippen molar-refractivity contribution >= 4 is 34.4 Å². The van der Waals surface area contributed by atoms with Crippen molar-refractivity contribution < 1.29 is 14.0 Å². The number of rotatable bonds is 6. The minimum Gasteiger partial charge on any atom is -0.342 e. The van der Waals surface area contributed by atoms with Crippen molar-refractivity contribution in [2.75, 3.05) is 26.2 Å². The standard InChI is InChI=1S/C26H29ClFN5O2/c27-21-4-1-19(22(28)15-21)3-6-25(34)33-12-9-18(16-33)13-17-7-10-32(11-8-17)26(35)20-2-5-23-24(14-20)30-31-29-23/h1-2,4-5,14-15,17-18H,3,6-13,16H2,(H,29,30,31). The molecular weight excluding hydrogens is 469 g/mol. The van der Waals surface area contributed by atoms with Crippen molar-refractivity contribution in [2.45, 2.75) is 38.5 Å². The van der Waals surface area contributed by atoms with E-state index in [2.05, 4.69) is 15.4 Å². The second-order valence-corrected chi connectivity index (χ2v) is 10.2. The quantitative estimate of drug-likeness (QED) is 0.544. The van der Waals surface area contributed by atoms with Gasteiger partial charge in [0.2, 0.25) is 5.91 Å². The van der Waals surface area contributed by atoms with Gasteiger partial charge in [0.15, 0.2) is 0 Å². The molecule has 2 aromatic carbocycles. The van der Waals surface area contributed by atoms with Crippen molar-refractivity contribution in [1.82, 2.24) is 25.2 Å². The highest BCUT2D eigenvalue weighted by atomic mass is 35.5. The fourth-order valence-electron chi connectivity index (χ4n) is 5.37. The normalized spacial score (nSPS) is 19.0. The molecule has 2 aliphatic rings. The predicted octanol–water partition coefficient (Wildman–Crippen LogP) is 4.47. The van der Waals surface area contributed by atoms with Crippen LogP contribution in [0.1, 0.15) is 48.0 Å². The number of halogens is 2. The summed E-state index contributed by atoms with van der Waals surface area (Å²) in [7, 11) is 0. The van der Waals surface area contributed by atoms with E-state index in [9.17, 15) is 14.0 Å². The maximum Gasteiger partial charge on any atom is 0.253 e. The number of carbonyl (C=O) groups is 2. The number of carbonyl (C=O) groups excluding carboxylic acids is 2. The number of hydrogen-bond donors (Lipinski definition) is 1. The Balaban J connectivity index is 1.06. The summed E-state index contributed by atoms with van der Waals surface area (Å²) in [6.07, 6.45) is 4.77. The third-order valence-corrected chi connectivity index (χ3v) is 7.63. The third-order valence-electron chi connectivity index (χ3n) is 7.39. The number of aromatic nitrogens is 3. The van der Waals surface area contributed by atoms with E-state index in [1.807, 2.05) is 21.9 Å². The number of hydrogen-bond acceptors (Lipinski definition) is 4. The molecule has 3 heterocycles. The number of fused-ring (bicyclic) bond motifs is 1. The topological polar surface area (TPSA) is 82.2 Å². The molecule has 2 saturated heterocycles. The van der Waals surface area contributed by atoms with E-state index in [4.69, 9.17) is 11.6 Å². The van der Waals surface area contributed by atoms with Crippen LogP contribution in [-0.2, 0) is 11.2 Å². The van der Waals surface area contributed by atoms with Crippen molar-refractivity contribution in [3.63, 3.8) is 0 Å². The second-order valence-electron chi connectivity index (χ2n) is 9.73. The molecule has 5 rings (SSSR count). The SMILES string of the molecule is O=C(CCc1ccc(Cl)cc1F)N1CCC(CC2CCN(C(=O)c3ccc4n[nH]nc4c3)CC2)C1. The summed E-state index contributed by atoms with van der Waals surface area (Å²) in [5, 5.41) is 11.1. The Hall–Kier alpha value is -3.00. The smallest absolute Gasteiger partial charge is 0.253 e. The summed E-state index contributed by atoms with van der Waals surface area (Å²) >= 11 is 5.81. The Morgan fingerprint density at radius 1 is 0.971 bits per heavy atom. The van der Waals surface area contributed by atoms with E-state index < -0.39 is 0 Å². The number of H-pyrrole nitrogens is 1. The van der Waals surface area contributed by atoms with Gasteiger partial charge in [-0.2, -0.15) is 15.4 Å². The number of aromatic amines is 1. The number of likely N-dealkylation sites (tertiary alicyclic amines) is 2. The monoisotopic (exact) mass is 497 g/mol. The van der Waals surface area contributed by atoms with Crippen molar-refractivity contribution in [3.05, 3.63) is 58.4 Å². The summed E-state index contributed by atoms with van der Waals surface area (Å²) in [5.41, 5.74) is 2.62. The molecular formula is C26H29ClFN5O2. The fourth-order valence-corrected chi connectivity index (χ4v) is 5.53. The van der Waals surface area contributed by atoms with E-state index in [1.165, 1.54) is 6.07 Å². The third kappa shape index (κ3) is 5.48. The van der Waals surface area contributed by atoms with Crippen LogP contribution in [0.15, 0.2) is 36.4 Å². The molecule has 9 heteroatoms. The molecule has 0 aliphatic carbocycles. The predicted molar refractivity (Wildman–Crippen MR) is 132 cm³/mol. The molecule has 1 N–H and O–H groups in total. The average molecular weight is 498 g/mol. The maximum absolute atomic E-state index is 14.0. The first kappa shape index (κ1) is 23.7. The first-order valence-corrected chi connectivity index (χ1v) is 12.7. The van der Waals surface area contributed by atoms with E-state index in [-0.39, 0.29) is 17.6 Å². The fraction of sp³-hybridized carbons (Fsp3) is 0.462. The molecule has 0 radical (unpaired) electrons. The lowest BCUT2D eigenvalue weighted by molar-refractivity contribution is -0.130. The Bertz CT molecular complexity index is 1220. The number of nitrogens with one attached hydrogen (secondary N) is 1. The van der Waals surface area contributed by atoms with Crippen LogP contribution in [-0.4, -0.2) is 63.2 Å². The summed E-state index contributed by atoms with van der Waals surface area (Å²) in [4.78, 5) is 29.5. The van der Waals surface area contributed by atoms with Gasteiger partial charge in [-0.15, -0.1) is 0 Å². The number of benzene rings is 2. The van der Waals surface area contributed by atoms with Crippen molar-refractivity contribution in [3.8, 4) is 0 Å². The first-order valence-electron chi connectivity index (χ1n) is 12.3. The van der Waals surface area contributed by atoms with Gasteiger partial charge in [0.1, 0.15) is 16.9 Å². The number of piperidine rings is 1. The van der Waals surface area contributed by atoms with Crippen LogP contribution in [0.5, 0.6) is 0 Å². The lowest BCUT2D eigenvalue weighted by atomic mass is 9.86. The zero-order chi connectivity index (χ0) is 24.4. The van der Waals surface area contributed by atoms with Gasteiger partial charge in [-0.25, -0.2) is 4.39 Å². The van der Waals surface area contributed by atoms with Gasteiger partial charge in [-0.3, -0.25) is 9.59 Å². The Morgan fingerprint density at radius 3 is 2.51 bits per heavy atom. The molecule has 0 bridgehead atoms. The molecule has 1 atom stereocenters. The Morgan fingerprint density at radius 2 is 1.71 bits per heavy atom. The average Bonchev–Trinajstić information content (AvgIpc) is 3.52. The van der Waals surface area contributed by atoms with Crippen molar-refractivity contribution in [1.29, 1.82) is 0 Å². The van der Waals surface area contributed by atoms with Crippen LogP contribution in [0.25, 0.3) is 11.0 Å². The minimum atomic E-state index is -0.354. The molecule has 3 aromatic rings. The van der Waals surface area contributed by atoms with Gasteiger partial charge >= 0.3 is 0 Å². The van der Waals surface area contributed by atoms with E-state index >= 15 is 0 Å². The molecule has 184 valence electrons. The van der Waals surface area contributed by atoms with Crippen LogP contribution in [0, 0.1) is 17.7 Å². The number of amides is 2. The van der Waals surface area contributed by atoms with Gasteiger partial charge in [-0.1, -0.05) is 17.7 Å². The van der Waals surface area contributed by atoms with Crippen molar-refractivity contribution in [2.24, 2.45) is 11.8 Å². The molecule has 7 nitrogen and oxygen atoms in total. The molecule has 0 spiro atoms. The first-order chi connectivity index (χ1) is 17.0. The zero-order valence-corrected chi connectivity index (χ0v) is 20.3. The molecule has 2 fully saturated rings. The lowest BCUT2D eigenvalue weighted by Gasteiger charge is -2.33. The van der Waals surface area contributed by atoms with Gasteiger partial charge in [0.05, 0.1) is 0 Å². The molecule has 1 unspecified atom stereocenters. The van der Waals surface area contributed by atoms with Gasteiger partial charge in [-0.05, 0) is 79.8 Å². The van der Waals surface area contributed by atoms with Crippen LogP contribution in [0.3, 0.4) is 0 Å². The van der Waals surface area contributed by atoms with Gasteiger partial charge in [0, 0.05) is 43.2 Å². The lowest BCUT2D eigenvalue weighted by Crippen LogP contribution is -2.39. The number of nitrogens with zero attached hydrogens (tertiary/aromatic N) is 4. The Kier molecular flexibility index (Phi) is 7.00. The summed E-state index contributed by atoms with van der Waals surface area (Å²) < 4.78 is 14.0. The Labute approximate surface area is 208 Å². The summed E-state index contributed by atoms with van der Waals surface area (Å²) in [5.74, 6) is 0.843. The highest BCUT2D eigenvalue weighted by Crippen LogP contribution is 2.30. The minimum absolute atomic E-state index is 0.0445. The highest BCUT2D eigenvalue weighted by Gasteiger charge is 2.30. The summed E-state index contributed by atoms with van der Waals surface area (Å²) in [6.45, 7) is 3.05. The maximum atomic E-state index is 14.0. The van der Waals surface area contributed by atoms with Gasteiger partial charge in [0.25, 0.3) is 5.91 Å². The molecule has 1 aromatic heterocycles. The molecule has 35 heavy (non-hydrogen) atoms. The zero-order valence-electron chi connectivity index (χ0n) is 19.6. The second kappa shape index (κ2) is 10.3. The van der Waals surface area contributed by atoms with E-state index in [0.717, 1.165) is 57.4 Å². The van der Waals surface area contributed by atoms with E-state index in [0.29, 0.717) is 46.3 Å². The van der Waals surface area contributed by atoms with Crippen LogP contribution in [0.4, 0.5) is 4.39 Å². The largest absolute Gasteiger partial charge is 0.342 e. The molecule has 2 amide bonds.